The molecule has 1 fully saturated rings. The van der Waals surface area contributed by atoms with E-state index in [1.165, 1.54) is 0 Å². The van der Waals surface area contributed by atoms with Gasteiger partial charge in [-0.05, 0) is 33.6 Å². The first-order chi connectivity index (χ1) is 7.94. The number of carbonyl (C=O) groups is 1. The average Bonchev–Trinajstić information content (AvgIpc) is 2.59. The number of nitrogens with one attached hydrogen (secondary N) is 1. The summed E-state index contributed by atoms with van der Waals surface area (Å²) < 4.78 is 10.4. The Hall–Kier alpha value is -1.52. The maximum Gasteiger partial charge on any atom is 0.407 e. The Morgan fingerprint density at radius 3 is 2.76 bits per heavy atom. The first-order valence-corrected chi connectivity index (χ1v) is 5.83. The second kappa shape index (κ2) is 4.39. The van der Waals surface area contributed by atoms with Crippen LogP contribution in [0.3, 0.4) is 0 Å². The maximum absolute atomic E-state index is 11.5. The number of carbonyl (C=O) groups excluding carboxylic acids is 1. The van der Waals surface area contributed by atoms with Crippen molar-refractivity contribution in [1.82, 2.24) is 10.3 Å². The average molecular weight is 238 g/mol. The third-order valence-corrected chi connectivity index (χ3v) is 2.66. The number of hydrogen-bond acceptors (Lipinski definition) is 4. The highest BCUT2D eigenvalue weighted by Crippen LogP contribution is 2.35. The molecule has 0 unspecified atom stereocenters. The van der Waals surface area contributed by atoms with Crippen molar-refractivity contribution in [2.45, 2.75) is 51.2 Å². The highest BCUT2D eigenvalue weighted by atomic mass is 16.6. The number of nitrogens with zero attached hydrogens (tertiary/aromatic N) is 1. The standard InChI is InChI=1S/C12H18N2O3/c1-12(2,3)17-11(15)14-9-6-8(7-9)10-13-4-5-16-10/h4-5,8-9H,6-7H2,1-3H3,(H,14,15). The van der Waals surface area contributed by atoms with Crippen molar-refractivity contribution in [3.8, 4) is 0 Å². The van der Waals surface area contributed by atoms with Gasteiger partial charge >= 0.3 is 6.09 Å². The van der Waals surface area contributed by atoms with Crippen LogP contribution in [0, 0.1) is 0 Å². The monoisotopic (exact) mass is 238 g/mol. The summed E-state index contributed by atoms with van der Waals surface area (Å²) in [5, 5.41) is 2.83. The molecule has 1 aliphatic carbocycles. The van der Waals surface area contributed by atoms with Gasteiger partial charge in [-0.2, -0.15) is 0 Å². The third-order valence-electron chi connectivity index (χ3n) is 2.66. The molecule has 0 aliphatic heterocycles. The summed E-state index contributed by atoms with van der Waals surface area (Å²) in [5.74, 6) is 1.08. The van der Waals surface area contributed by atoms with E-state index in [0.29, 0.717) is 5.92 Å². The van der Waals surface area contributed by atoms with Crippen LogP contribution in [-0.4, -0.2) is 22.7 Å². The summed E-state index contributed by atoms with van der Waals surface area (Å²) in [6.07, 6.45) is 4.58. The van der Waals surface area contributed by atoms with E-state index in [1.54, 1.807) is 12.5 Å². The van der Waals surface area contributed by atoms with Crippen molar-refractivity contribution < 1.29 is 13.9 Å². The molecule has 0 atom stereocenters. The van der Waals surface area contributed by atoms with Gasteiger partial charge in [0.2, 0.25) is 0 Å². The predicted molar refractivity (Wildman–Crippen MR) is 61.6 cm³/mol. The van der Waals surface area contributed by atoms with E-state index in [0.717, 1.165) is 18.7 Å². The molecule has 1 aliphatic rings. The van der Waals surface area contributed by atoms with Crippen LogP contribution in [0.4, 0.5) is 4.79 Å². The molecule has 94 valence electrons. The zero-order chi connectivity index (χ0) is 12.5. The van der Waals surface area contributed by atoms with E-state index in [-0.39, 0.29) is 12.1 Å². The molecule has 1 amide bonds. The molecule has 0 radical (unpaired) electrons. The maximum atomic E-state index is 11.5. The first-order valence-electron chi connectivity index (χ1n) is 5.83. The van der Waals surface area contributed by atoms with Crippen molar-refractivity contribution in [2.24, 2.45) is 0 Å². The Bertz CT molecular complexity index is 375. The van der Waals surface area contributed by atoms with Crippen molar-refractivity contribution in [3.63, 3.8) is 0 Å². The molecule has 1 heterocycles. The Kier molecular flexibility index (Phi) is 3.09. The number of aromatic nitrogens is 1. The molecule has 0 spiro atoms. The lowest BCUT2D eigenvalue weighted by Crippen LogP contribution is -2.45. The van der Waals surface area contributed by atoms with Crippen LogP contribution < -0.4 is 5.32 Å². The van der Waals surface area contributed by atoms with Crippen LogP contribution in [0.15, 0.2) is 16.9 Å². The predicted octanol–water partition coefficient (Wildman–Crippen LogP) is 2.45. The summed E-state index contributed by atoms with van der Waals surface area (Å²) in [7, 11) is 0. The lowest BCUT2D eigenvalue weighted by atomic mass is 9.80. The van der Waals surface area contributed by atoms with Crippen molar-refractivity contribution >= 4 is 6.09 Å². The first kappa shape index (κ1) is 12.0. The van der Waals surface area contributed by atoms with Crippen molar-refractivity contribution in [1.29, 1.82) is 0 Å². The zero-order valence-corrected chi connectivity index (χ0v) is 10.4. The van der Waals surface area contributed by atoms with Crippen LogP contribution in [0.1, 0.15) is 45.4 Å². The summed E-state index contributed by atoms with van der Waals surface area (Å²) in [5.41, 5.74) is -0.449. The van der Waals surface area contributed by atoms with Crippen LogP contribution in [0.2, 0.25) is 0 Å². The molecular weight excluding hydrogens is 220 g/mol. The van der Waals surface area contributed by atoms with Gasteiger partial charge in [0.15, 0.2) is 5.89 Å². The number of hydrogen-bond donors (Lipinski definition) is 1. The van der Waals surface area contributed by atoms with E-state index in [2.05, 4.69) is 10.3 Å². The van der Waals surface area contributed by atoms with Crippen LogP contribution in [-0.2, 0) is 4.74 Å². The zero-order valence-electron chi connectivity index (χ0n) is 10.4. The molecule has 1 N–H and O–H groups in total. The number of oxazole rings is 1. The highest BCUT2D eigenvalue weighted by molar-refractivity contribution is 5.68. The van der Waals surface area contributed by atoms with Gasteiger partial charge in [-0.3, -0.25) is 0 Å². The lowest BCUT2D eigenvalue weighted by Gasteiger charge is -2.34. The fourth-order valence-corrected chi connectivity index (χ4v) is 1.85. The molecule has 0 saturated heterocycles. The van der Waals surface area contributed by atoms with E-state index in [9.17, 15) is 4.79 Å². The van der Waals surface area contributed by atoms with Gasteiger partial charge in [-0.25, -0.2) is 9.78 Å². The van der Waals surface area contributed by atoms with Gasteiger partial charge < -0.3 is 14.5 Å². The Balaban J connectivity index is 1.72. The van der Waals surface area contributed by atoms with E-state index in [4.69, 9.17) is 9.15 Å². The molecular formula is C12H18N2O3. The van der Waals surface area contributed by atoms with Gasteiger partial charge in [0.1, 0.15) is 11.9 Å². The van der Waals surface area contributed by atoms with Gasteiger partial charge in [-0.15, -0.1) is 0 Å². The highest BCUT2D eigenvalue weighted by Gasteiger charge is 2.35. The minimum absolute atomic E-state index is 0.168. The second-order valence-electron chi connectivity index (χ2n) is 5.38. The Morgan fingerprint density at radius 1 is 1.53 bits per heavy atom. The quantitative estimate of drug-likeness (QED) is 0.859. The normalized spacial score (nSPS) is 23.9. The molecule has 5 nitrogen and oxygen atoms in total. The largest absolute Gasteiger partial charge is 0.449 e. The molecule has 2 rings (SSSR count). The summed E-state index contributed by atoms with van der Waals surface area (Å²) >= 11 is 0. The minimum atomic E-state index is -0.449. The van der Waals surface area contributed by atoms with Gasteiger partial charge in [0.05, 0.1) is 6.20 Å². The van der Waals surface area contributed by atoms with Gasteiger partial charge in [0, 0.05) is 12.0 Å². The Morgan fingerprint density at radius 2 is 2.24 bits per heavy atom. The fraction of sp³-hybridized carbons (Fsp3) is 0.667. The van der Waals surface area contributed by atoms with Crippen LogP contribution in [0.25, 0.3) is 0 Å². The van der Waals surface area contributed by atoms with Crippen LogP contribution >= 0.6 is 0 Å². The van der Waals surface area contributed by atoms with E-state index in [1.807, 2.05) is 20.8 Å². The molecule has 1 aromatic rings. The molecule has 0 bridgehead atoms. The fourth-order valence-electron chi connectivity index (χ4n) is 1.85. The number of ether oxygens (including phenoxy) is 1. The molecule has 1 aromatic heterocycles. The summed E-state index contributed by atoms with van der Waals surface area (Å²) in [6, 6.07) is 0.168. The van der Waals surface area contributed by atoms with Gasteiger partial charge in [0.25, 0.3) is 0 Å². The number of alkyl carbamates (subject to hydrolysis) is 1. The molecule has 5 heteroatoms. The molecule has 0 aromatic carbocycles. The minimum Gasteiger partial charge on any atom is -0.449 e. The van der Waals surface area contributed by atoms with E-state index >= 15 is 0 Å². The van der Waals surface area contributed by atoms with Gasteiger partial charge in [-0.1, -0.05) is 0 Å². The molecule has 17 heavy (non-hydrogen) atoms. The van der Waals surface area contributed by atoms with Crippen molar-refractivity contribution in [2.75, 3.05) is 0 Å². The summed E-state index contributed by atoms with van der Waals surface area (Å²) in [6.45, 7) is 5.55. The van der Waals surface area contributed by atoms with Crippen molar-refractivity contribution in [3.05, 3.63) is 18.4 Å². The lowest BCUT2D eigenvalue weighted by molar-refractivity contribution is 0.0466. The SMILES string of the molecule is CC(C)(C)OC(=O)NC1CC(c2ncco2)C1. The topological polar surface area (TPSA) is 64.4 Å². The number of rotatable bonds is 2. The van der Waals surface area contributed by atoms with Crippen LogP contribution in [0.5, 0.6) is 0 Å². The summed E-state index contributed by atoms with van der Waals surface area (Å²) in [4.78, 5) is 15.6. The number of amides is 1. The third kappa shape index (κ3) is 3.22. The van der Waals surface area contributed by atoms with E-state index < -0.39 is 5.60 Å². The smallest absolute Gasteiger partial charge is 0.407 e. The second-order valence-corrected chi connectivity index (χ2v) is 5.38. The Labute approximate surface area is 101 Å². The molecule has 1 saturated carbocycles.